The summed E-state index contributed by atoms with van der Waals surface area (Å²) in [6.45, 7) is 2.11. The van der Waals surface area contributed by atoms with Gasteiger partial charge >= 0.3 is 6.18 Å². The number of ketones is 1. The molecule has 0 aliphatic carbocycles. The van der Waals surface area contributed by atoms with Crippen LogP contribution in [0.25, 0.3) is 10.9 Å². The maximum Gasteiger partial charge on any atom is 0.416 e. The molecule has 1 fully saturated rings. The molecule has 0 unspecified atom stereocenters. The van der Waals surface area contributed by atoms with Gasteiger partial charge in [-0.2, -0.15) is 13.2 Å². The van der Waals surface area contributed by atoms with E-state index in [1.54, 1.807) is 25.3 Å². The van der Waals surface area contributed by atoms with E-state index in [9.17, 15) is 18.0 Å². The minimum absolute atomic E-state index is 0.0351. The van der Waals surface area contributed by atoms with Crippen LogP contribution in [0.15, 0.2) is 48.7 Å². The van der Waals surface area contributed by atoms with E-state index in [1.165, 1.54) is 0 Å². The number of methoxy groups -OCH3 is 1. The van der Waals surface area contributed by atoms with E-state index in [0.29, 0.717) is 56.2 Å². The summed E-state index contributed by atoms with van der Waals surface area (Å²) in [6, 6.07) is 10.9. The van der Waals surface area contributed by atoms with Crippen LogP contribution < -0.4 is 0 Å². The molecule has 4 rings (SSSR count). The number of aromatic nitrogens is 1. The lowest BCUT2D eigenvalue weighted by atomic mass is 9.70. The highest BCUT2D eigenvalue weighted by Gasteiger charge is 2.36. The van der Waals surface area contributed by atoms with Crippen molar-refractivity contribution in [2.75, 3.05) is 26.9 Å². The van der Waals surface area contributed by atoms with Gasteiger partial charge in [-0.25, -0.2) is 0 Å². The Morgan fingerprint density at radius 1 is 1.15 bits per heavy atom. The Hall–Kier alpha value is -2.35. The zero-order valence-corrected chi connectivity index (χ0v) is 19.7. The third-order valence-electron chi connectivity index (χ3n) is 6.80. The lowest BCUT2D eigenvalue weighted by Gasteiger charge is -2.38. The number of fused-ring (bicyclic) bond motifs is 1. The van der Waals surface area contributed by atoms with E-state index in [4.69, 9.17) is 21.1 Å². The summed E-state index contributed by atoms with van der Waals surface area (Å²) in [5.74, 6) is -0.0351. The average Bonchev–Trinajstić information content (AvgIpc) is 3.21. The quantitative estimate of drug-likeness (QED) is 0.329. The van der Waals surface area contributed by atoms with Crippen LogP contribution in [0, 0.1) is 0 Å². The first-order valence-electron chi connectivity index (χ1n) is 11.3. The Balaban J connectivity index is 1.60. The monoisotopic (exact) mass is 493 g/mol. The van der Waals surface area contributed by atoms with Crippen LogP contribution in [0.1, 0.15) is 47.2 Å². The van der Waals surface area contributed by atoms with Gasteiger partial charge < -0.3 is 14.0 Å². The molecule has 34 heavy (non-hydrogen) atoms. The van der Waals surface area contributed by atoms with Gasteiger partial charge in [0.15, 0.2) is 5.78 Å². The van der Waals surface area contributed by atoms with E-state index < -0.39 is 17.2 Å². The summed E-state index contributed by atoms with van der Waals surface area (Å²) in [7, 11) is 1.62. The maximum absolute atomic E-state index is 13.4. The number of alkyl halides is 3. The first-order chi connectivity index (χ1) is 16.2. The Morgan fingerprint density at radius 3 is 2.50 bits per heavy atom. The molecule has 4 nitrogen and oxygen atoms in total. The van der Waals surface area contributed by atoms with Crippen LogP contribution in [0.2, 0.25) is 5.02 Å². The van der Waals surface area contributed by atoms with Crippen molar-refractivity contribution in [1.82, 2.24) is 4.57 Å². The second-order valence-corrected chi connectivity index (χ2v) is 9.16. The SMILES string of the molecule is COCCn1cc(C(=O)CCC2(c3ccc(C(F)(F)F)cc3)CCOCC2)c2c(Cl)cccc21. The summed E-state index contributed by atoms with van der Waals surface area (Å²) in [4.78, 5) is 13.4. The van der Waals surface area contributed by atoms with Gasteiger partial charge in [0.2, 0.25) is 0 Å². The highest BCUT2D eigenvalue weighted by Crippen LogP contribution is 2.41. The molecule has 2 aromatic carbocycles. The number of halogens is 4. The van der Waals surface area contributed by atoms with Gasteiger partial charge in [-0.05, 0) is 49.1 Å². The Labute approximate surface area is 201 Å². The standard InChI is InChI=1S/C26H27ClF3NO3/c1-33-16-13-31-17-20(24-21(27)3-2-4-22(24)31)23(32)9-10-25(11-14-34-15-12-25)18-5-7-19(8-6-18)26(28,29)30/h2-8,17H,9-16H2,1H3. The molecule has 0 radical (unpaired) electrons. The number of benzene rings is 2. The maximum atomic E-state index is 13.4. The number of Topliss-reactive ketones (excluding diaryl/α,β-unsaturated/α-hetero) is 1. The third kappa shape index (κ3) is 5.02. The van der Waals surface area contributed by atoms with Gasteiger partial charge in [0.25, 0.3) is 0 Å². The van der Waals surface area contributed by atoms with E-state index in [0.717, 1.165) is 28.6 Å². The molecule has 1 aromatic heterocycles. The second kappa shape index (κ2) is 10.1. The molecule has 0 spiro atoms. The number of hydrogen-bond acceptors (Lipinski definition) is 3. The Morgan fingerprint density at radius 2 is 1.85 bits per heavy atom. The van der Waals surface area contributed by atoms with Crippen LogP contribution in [0.3, 0.4) is 0 Å². The van der Waals surface area contributed by atoms with Crippen LogP contribution in [0.5, 0.6) is 0 Å². The summed E-state index contributed by atoms with van der Waals surface area (Å²) < 4.78 is 51.9. The molecule has 3 aromatic rings. The van der Waals surface area contributed by atoms with Crippen molar-refractivity contribution in [3.05, 3.63) is 70.4 Å². The molecule has 0 amide bonds. The van der Waals surface area contributed by atoms with Crippen molar-refractivity contribution < 1.29 is 27.4 Å². The zero-order chi connectivity index (χ0) is 24.3. The van der Waals surface area contributed by atoms with Crippen molar-refractivity contribution >= 4 is 28.3 Å². The fourth-order valence-corrected chi connectivity index (χ4v) is 5.11. The lowest BCUT2D eigenvalue weighted by Crippen LogP contribution is -2.34. The van der Waals surface area contributed by atoms with E-state index in [2.05, 4.69) is 0 Å². The predicted octanol–water partition coefficient (Wildman–Crippen LogP) is 6.67. The molecular weight excluding hydrogens is 467 g/mol. The van der Waals surface area contributed by atoms with Gasteiger partial charge in [0.05, 0.1) is 22.7 Å². The van der Waals surface area contributed by atoms with Crippen LogP contribution in [0.4, 0.5) is 13.2 Å². The fourth-order valence-electron chi connectivity index (χ4n) is 4.84. The van der Waals surface area contributed by atoms with E-state index in [1.807, 2.05) is 22.9 Å². The van der Waals surface area contributed by atoms with Crippen LogP contribution in [-0.2, 0) is 27.6 Å². The molecule has 1 saturated heterocycles. The van der Waals surface area contributed by atoms with Gasteiger partial charge in [-0.3, -0.25) is 4.79 Å². The summed E-state index contributed by atoms with van der Waals surface area (Å²) in [6.07, 6.45) is -0.463. The normalized spacial score (nSPS) is 16.1. The topological polar surface area (TPSA) is 40.5 Å². The second-order valence-electron chi connectivity index (χ2n) is 8.75. The number of rotatable bonds is 8. The van der Waals surface area contributed by atoms with Crippen LogP contribution in [-0.4, -0.2) is 37.3 Å². The molecule has 1 aliphatic heterocycles. The molecule has 0 N–H and O–H groups in total. The highest BCUT2D eigenvalue weighted by molar-refractivity contribution is 6.37. The molecular formula is C26H27ClF3NO3. The number of nitrogens with zero attached hydrogens (tertiary/aromatic N) is 1. The highest BCUT2D eigenvalue weighted by atomic mass is 35.5. The largest absolute Gasteiger partial charge is 0.416 e. The Kier molecular flexibility index (Phi) is 7.36. The first kappa shape index (κ1) is 24.8. The molecule has 182 valence electrons. The minimum atomic E-state index is -4.38. The molecule has 0 atom stereocenters. The molecule has 1 aliphatic rings. The average molecular weight is 494 g/mol. The number of carbonyl (C=O) groups is 1. The van der Waals surface area contributed by atoms with Crippen molar-refractivity contribution in [3.8, 4) is 0 Å². The number of hydrogen-bond donors (Lipinski definition) is 0. The van der Waals surface area contributed by atoms with Crippen molar-refractivity contribution in [2.24, 2.45) is 0 Å². The summed E-state index contributed by atoms with van der Waals surface area (Å²) in [5, 5.41) is 1.24. The molecule has 0 bridgehead atoms. The minimum Gasteiger partial charge on any atom is -0.383 e. The number of ether oxygens (including phenoxy) is 2. The Bertz CT molecular complexity index is 1150. The number of carbonyl (C=O) groups excluding carboxylic acids is 1. The summed E-state index contributed by atoms with van der Waals surface area (Å²) >= 11 is 6.47. The van der Waals surface area contributed by atoms with Crippen LogP contribution >= 0.6 is 11.6 Å². The van der Waals surface area contributed by atoms with E-state index >= 15 is 0 Å². The molecule has 2 heterocycles. The van der Waals surface area contributed by atoms with Crippen molar-refractivity contribution in [2.45, 2.75) is 43.8 Å². The van der Waals surface area contributed by atoms with Crippen molar-refractivity contribution in [3.63, 3.8) is 0 Å². The predicted molar refractivity (Wildman–Crippen MR) is 126 cm³/mol. The smallest absolute Gasteiger partial charge is 0.383 e. The van der Waals surface area contributed by atoms with Gasteiger partial charge in [-0.15, -0.1) is 0 Å². The lowest BCUT2D eigenvalue weighted by molar-refractivity contribution is -0.137. The van der Waals surface area contributed by atoms with Crippen molar-refractivity contribution in [1.29, 1.82) is 0 Å². The zero-order valence-electron chi connectivity index (χ0n) is 19.0. The van der Waals surface area contributed by atoms with Gasteiger partial charge in [0, 0.05) is 55.9 Å². The third-order valence-corrected chi connectivity index (χ3v) is 7.11. The fraction of sp³-hybridized carbons (Fsp3) is 0.423. The molecule has 0 saturated carbocycles. The van der Waals surface area contributed by atoms with E-state index in [-0.39, 0.29) is 12.2 Å². The molecule has 8 heteroatoms. The van der Waals surface area contributed by atoms with Gasteiger partial charge in [0.1, 0.15) is 0 Å². The first-order valence-corrected chi connectivity index (χ1v) is 11.7. The summed E-state index contributed by atoms with van der Waals surface area (Å²) in [5.41, 5.74) is 1.17. The van der Waals surface area contributed by atoms with Gasteiger partial charge in [-0.1, -0.05) is 29.8 Å².